The van der Waals surface area contributed by atoms with Crippen LogP contribution in [-0.2, 0) is 14.3 Å². The number of rotatable bonds is 6. The predicted molar refractivity (Wildman–Crippen MR) is 63.8 cm³/mol. The first-order valence-corrected chi connectivity index (χ1v) is 6.57. The zero-order valence-electron chi connectivity index (χ0n) is 10.2. The molecule has 98 valence electrons. The van der Waals surface area contributed by atoms with Crippen LogP contribution in [0.5, 0.6) is 0 Å². The summed E-state index contributed by atoms with van der Waals surface area (Å²) in [7, 11) is 0. The number of hydrogen-bond acceptors (Lipinski definition) is 4. The summed E-state index contributed by atoms with van der Waals surface area (Å²) < 4.78 is 10.8. The van der Waals surface area contributed by atoms with Crippen molar-refractivity contribution in [3.8, 4) is 0 Å². The summed E-state index contributed by atoms with van der Waals surface area (Å²) in [6, 6.07) is 0.0270. The van der Waals surface area contributed by atoms with Gasteiger partial charge < -0.3 is 20.1 Å². The summed E-state index contributed by atoms with van der Waals surface area (Å²) >= 11 is 0. The van der Waals surface area contributed by atoms with Gasteiger partial charge in [0, 0.05) is 19.8 Å². The van der Waals surface area contributed by atoms with Crippen LogP contribution < -0.4 is 10.6 Å². The lowest BCUT2D eigenvalue weighted by atomic mass is 10.2. The lowest BCUT2D eigenvalue weighted by Crippen LogP contribution is -2.40. The highest BCUT2D eigenvalue weighted by Gasteiger charge is 2.21. The van der Waals surface area contributed by atoms with Crippen molar-refractivity contribution in [3.63, 3.8) is 0 Å². The van der Waals surface area contributed by atoms with E-state index < -0.39 is 0 Å². The van der Waals surface area contributed by atoms with Crippen LogP contribution in [0.2, 0.25) is 0 Å². The summed E-state index contributed by atoms with van der Waals surface area (Å²) in [6.07, 6.45) is 4.19. The van der Waals surface area contributed by atoms with Crippen molar-refractivity contribution >= 4 is 5.91 Å². The number of hydrogen-bond donors (Lipinski definition) is 2. The molecule has 2 heterocycles. The van der Waals surface area contributed by atoms with Gasteiger partial charge in [0.15, 0.2) is 0 Å². The Kier molecular flexibility index (Phi) is 5.22. The Hall–Kier alpha value is -0.650. The van der Waals surface area contributed by atoms with Crippen molar-refractivity contribution in [1.29, 1.82) is 0 Å². The fourth-order valence-electron chi connectivity index (χ4n) is 2.21. The fourth-order valence-corrected chi connectivity index (χ4v) is 2.21. The first kappa shape index (κ1) is 12.8. The molecule has 1 amide bonds. The highest BCUT2D eigenvalue weighted by molar-refractivity contribution is 5.81. The summed E-state index contributed by atoms with van der Waals surface area (Å²) in [4.78, 5) is 11.6. The fraction of sp³-hybridized carbons (Fsp3) is 0.917. The van der Waals surface area contributed by atoms with Gasteiger partial charge in [-0.3, -0.25) is 4.79 Å². The normalized spacial score (nSPS) is 28.5. The summed E-state index contributed by atoms with van der Waals surface area (Å²) in [5.41, 5.74) is 0. The lowest BCUT2D eigenvalue weighted by Gasteiger charge is -2.12. The molecule has 2 aliphatic rings. The molecule has 0 bridgehead atoms. The molecule has 2 unspecified atom stereocenters. The molecule has 0 spiro atoms. The molecular formula is C12H22N2O3. The maximum absolute atomic E-state index is 11.6. The first-order valence-electron chi connectivity index (χ1n) is 6.57. The maximum atomic E-state index is 11.6. The van der Waals surface area contributed by atoms with E-state index >= 15 is 0 Å². The van der Waals surface area contributed by atoms with E-state index in [1.165, 1.54) is 0 Å². The van der Waals surface area contributed by atoms with Crippen molar-refractivity contribution in [3.05, 3.63) is 0 Å². The van der Waals surface area contributed by atoms with Crippen molar-refractivity contribution in [1.82, 2.24) is 10.6 Å². The largest absolute Gasteiger partial charge is 0.379 e. The van der Waals surface area contributed by atoms with Crippen molar-refractivity contribution in [2.75, 3.05) is 32.9 Å². The van der Waals surface area contributed by atoms with Gasteiger partial charge in [0.2, 0.25) is 5.91 Å². The zero-order valence-corrected chi connectivity index (χ0v) is 10.2. The van der Waals surface area contributed by atoms with Gasteiger partial charge in [-0.05, 0) is 32.2 Å². The average Bonchev–Trinajstić information content (AvgIpc) is 3.01. The topological polar surface area (TPSA) is 59.6 Å². The van der Waals surface area contributed by atoms with Gasteiger partial charge in [-0.15, -0.1) is 0 Å². The van der Waals surface area contributed by atoms with Crippen LogP contribution in [0.1, 0.15) is 25.7 Å². The van der Waals surface area contributed by atoms with Crippen LogP contribution >= 0.6 is 0 Å². The Balaban J connectivity index is 1.46. The van der Waals surface area contributed by atoms with Crippen LogP contribution in [0.3, 0.4) is 0 Å². The van der Waals surface area contributed by atoms with E-state index in [1.807, 2.05) is 0 Å². The highest BCUT2D eigenvalue weighted by Crippen LogP contribution is 2.08. The monoisotopic (exact) mass is 242 g/mol. The molecule has 5 heteroatoms. The SMILES string of the molecule is O=C(NCCCOC1CCOC1)C1CCCN1. The van der Waals surface area contributed by atoms with E-state index in [0.29, 0.717) is 13.2 Å². The molecule has 5 nitrogen and oxygen atoms in total. The summed E-state index contributed by atoms with van der Waals surface area (Å²) in [6.45, 7) is 3.90. The Morgan fingerprint density at radius 2 is 2.41 bits per heavy atom. The number of amides is 1. The Bertz CT molecular complexity index is 236. The number of ether oxygens (including phenoxy) is 2. The lowest BCUT2D eigenvalue weighted by molar-refractivity contribution is -0.122. The Morgan fingerprint density at radius 3 is 3.12 bits per heavy atom. The highest BCUT2D eigenvalue weighted by atomic mass is 16.5. The molecule has 0 aliphatic carbocycles. The molecule has 2 N–H and O–H groups in total. The zero-order chi connectivity index (χ0) is 11.9. The van der Waals surface area contributed by atoms with Crippen LogP contribution in [0.15, 0.2) is 0 Å². The van der Waals surface area contributed by atoms with Gasteiger partial charge >= 0.3 is 0 Å². The van der Waals surface area contributed by atoms with Gasteiger partial charge in [-0.25, -0.2) is 0 Å². The molecule has 2 atom stereocenters. The van der Waals surface area contributed by atoms with Crippen molar-refractivity contribution in [2.24, 2.45) is 0 Å². The molecule has 17 heavy (non-hydrogen) atoms. The molecule has 0 aromatic carbocycles. The third kappa shape index (κ3) is 4.26. The second-order valence-corrected chi connectivity index (χ2v) is 4.65. The number of carbonyl (C=O) groups excluding carboxylic acids is 1. The minimum atomic E-state index is 0.0270. The van der Waals surface area contributed by atoms with E-state index in [0.717, 1.165) is 45.4 Å². The van der Waals surface area contributed by atoms with Crippen LogP contribution in [-0.4, -0.2) is 51.0 Å². The minimum absolute atomic E-state index is 0.0270. The Morgan fingerprint density at radius 1 is 1.47 bits per heavy atom. The van der Waals surface area contributed by atoms with Crippen LogP contribution in [0.25, 0.3) is 0 Å². The number of carbonyl (C=O) groups is 1. The quantitative estimate of drug-likeness (QED) is 0.646. The van der Waals surface area contributed by atoms with Gasteiger partial charge in [-0.1, -0.05) is 0 Å². The van der Waals surface area contributed by atoms with E-state index in [-0.39, 0.29) is 18.1 Å². The van der Waals surface area contributed by atoms with E-state index in [9.17, 15) is 4.79 Å². The number of nitrogens with one attached hydrogen (secondary N) is 2. The molecule has 0 saturated carbocycles. The van der Waals surface area contributed by atoms with E-state index in [2.05, 4.69) is 10.6 Å². The van der Waals surface area contributed by atoms with Crippen LogP contribution in [0.4, 0.5) is 0 Å². The van der Waals surface area contributed by atoms with Gasteiger partial charge in [0.05, 0.1) is 18.8 Å². The van der Waals surface area contributed by atoms with E-state index in [4.69, 9.17) is 9.47 Å². The third-order valence-corrected chi connectivity index (χ3v) is 3.24. The van der Waals surface area contributed by atoms with Crippen LogP contribution in [0, 0.1) is 0 Å². The maximum Gasteiger partial charge on any atom is 0.237 e. The molecule has 0 radical (unpaired) electrons. The van der Waals surface area contributed by atoms with Crippen molar-refractivity contribution < 1.29 is 14.3 Å². The van der Waals surface area contributed by atoms with Gasteiger partial charge in [0.1, 0.15) is 0 Å². The smallest absolute Gasteiger partial charge is 0.237 e. The van der Waals surface area contributed by atoms with E-state index in [1.54, 1.807) is 0 Å². The summed E-state index contributed by atoms with van der Waals surface area (Å²) in [5.74, 6) is 0.131. The molecule has 0 aromatic rings. The molecule has 0 aromatic heterocycles. The molecule has 2 fully saturated rings. The van der Waals surface area contributed by atoms with Gasteiger partial charge in [-0.2, -0.15) is 0 Å². The molecule has 2 aliphatic heterocycles. The first-order chi connectivity index (χ1) is 8.36. The molecule has 2 rings (SSSR count). The minimum Gasteiger partial charge on any atom is -0.379 e. The summed E-state index contributed by atoms with van der Waals surface area (Å²) in [5, 5.41) is 6.12. The standard InChI is InChI=1S/C12H22N2O3/c15-12(11-3-1-5-13-11)14-6-2-7-17-10-4-8-16-9-10/h10-11,13H,1-9H2,(H,14,15). The average molecular weight is 242 g/mol. The second kappa shape index (κ2) is 6.93. The third-order valence-electron chi connectivity index (χ3n) is 3.24. The molecule has 2 saturated heterocycles. The Labute approximate surface area is 102 Å². The predicted octanol–water partition coefficient (Wildman–Crippen LogP) is 0.0502. The van der Waals surface area contributed by atoms with Gasteiger partial charge in [0.25, 0.3) is 0 Å². The molecular weight excluding hydrogens is 220 g/mol. The second-order valence-electron chi connectivity index (χ2n) is 4.65. The van der Waals surface area contributed by atoms with Crippen molar-refractivity contribution in [2.45, 2.75) is 37.8 Å².